The first-order chi connectivity index (χ1) is 17.1. The lowest BCUT2D eigenvalue weighted by atomic mass is 9.85. The summed E-state index contributed by atoms with van der Waals surface area (Å²) in [5.74, 6) is 0.190. The number of allylic oxidation sites excluding steroid dienone is 2. The molecule has 0 saturated heterocycles. The predicted molar refractivity (Wildman–Crippen MR) is 138 cm³/mol. The summed E-state index contributed by atoms with van der Waals surface area (Å²) in [4.78, 5) is 22.6. The first kappa shape index (κ1) is 26.6. The van der Waals surface area contributed by atoms with Crippen LogP contribution in [0.15, 0.2) is 72.2 Å². The molecule has 0 fully saturated rings. The monoisotopic (exact) mass is 513 g/mol. The second kappa shape index (κ2) is 11.2. The van der Waals surface area contributed by atoms with E-state index in [1.807, 2.05) is 30.3 Å². The van der Waals surface area contributed by atoms with E-state index in [9.17, 15) is 23.3 Å². The van der Waals surface area contributed by atoms with Crippen molar-refractivity contribution in [2.75, 3.05) is 19.1 Å². The van der Waals surface area contributed by atoms with Crippen LogP contribution >= 0.6 is 0 Å². The number of nitro groups is 1. The Hall–Kier alpha value is -3.96. The van der Waals surface area contributed by atoms with Gasteiger partial charge >= 0.3 is 6.09 Å². The molecule has 190 valence electrons. The first-order valence-electron chi connectivity index (χ1n) is 11.0. The summed E-state index contributed by atoms with van der Waals surface area (Å²) in [6, 6.07) is 13.8. The Morgan fingerprint density at radius 2 is 2.00 bits per heavy atom. The standard InChI is InChI=1S/C25H27N3O7S/c1-18(25(28(31)32)13-10-21(11-14-25)20-6-4-3-5-7-20)36(33,34)15-12-19-8-9-22(27-24(29)30)23(16-19)35-17-26-2/h3-13,15-16,18,26-27H,14,17H2,1-2H3,(H,29,30). The second-order valence-electron chi connectivity index (χ2n) is 8.17. The Balaban J connectivity index is 1.86. The van der Waals surface area contributed by atoms with Gasteiger partial charge in [-0.1, -0.05) is 48.6 Å². The number of carboxylic acid groups (broad SMARTS) is 1. The van der Waals surface area contributed by atoms with E-state index in [0.29, 0.717) is 5.56 Å². The van der Waals surface area contributed by atoms with Gasteiger partial charge in [0.25, 0.3) is 5.54 Å². The number of nitrogens with zero attached hydrogens (tertiary/aromatic N) is 1. The maximum atomic E-state index is 13.2. The molecule has 1 aliphatic rings. The van der Waals surface area contributed by atoms with Crippen LogP contribution in [0.3, 0.4) is 0 Å². The third-order valence-electron chi connectivity index (χ3n) is 5.91. The lowest BCUT2D eigenvalue weighted by molar-refractivity contribution is -0.553. The lowest BCUT2D eigenvalue weighted by Gasteiger charge is -2.28. The zero-order valence-corrected chi connectivity index (χ0v) is 20.6. The third kappa shape index (κ3) is 5.99. The molecule has 0 aliphatic heterocycles. The minimum atomic E-state index is -4.07. The van der Waals surface area contributed by atoms with Crippen molar-refractivity contribution in [3.63, 3.8) is 0 Å². The topological polar surface area (TPSA) is 148 Å². The van der Waals surface area contributed by atoms with E-state index in [0.717, 1.165) is 16.5 Å². The van der Waals surface area contributed by atoms with Crippen molar-refractivity contribution in [3.8, 4) is 5.75 Å². The van der Waals surface area contributed by atoms with E-state index in [2.05, 4.69) is 10.6 Å². The molecule has 1 amide bonds. The molecule has 2 aromatic carbocycles. The lowest BCUT2D eigenvalue weighted by Crippen LogP contribution is -2.49. The van der Waals surface area contributed by atoms with Gasteiger partial charge in [0.05, 0.1) is 5.69 Å². The van der Waals surface area contributed by atoms with Crippen molar-refractivity contribution in [1.29, 1.82) is 0 Å². The van der Waals surface area contributed by atoms with Crippen LogP contribution in [-0.2, 0) is 9.84 Å². The fraction of sp³-hybridized carbons (Fsp3) is 0.240. The number of hydrogen-bond acceptors (Lipinski definition) is 7. The summed E-state index contributed by atoms with van der Waals surface area (Å²) >= 11 is 0. The van der Waals surface area contributed by atoms with Crippen molar-refractivity contribution in [3.05, 3.63) is 93.4 Å². The normalized spacial score (nSPS) is 18.4. The van der Waals surface area contributed by atoms with E-state index in [4.69, 9.17) is 9.84 Å². The Labute approximate surface area is 209 Å². The van der Waals surface area contributed by atoms with E-state index in [-0.39, 0.29) is 24.6 Å². The molecule has 0 saturated carbocycles. The second-order valence-corrected chi connectivity index (χ2v) is 10.3. The minimum Gasteiger partial charge on any atom is -0.476 e. The van der Waals surface area contributed by atoms with Crippen LogP contribution in [0.25, 0.3) is 11.6 Å². The number of anilines is 1. The van der Waals surface area contributed by atoms with E-state index >= 15 is 0 Å². The van der Waals surface area contributed by atoms with E-state index < -0.39 is 31.6 Å². The number of benzene rings is 2. The summed E-state index contributed by atoms with van der Waals surface area (Å²) < 4.78 is 31.8. The van der Waals surface area contributed by atoms with Crippen molar-refractivity contribution in [2.24, 2.45) is 0 Å². The highest BCUT2D eigenvalue weighted by Gasteiger charge is 2.51. The zero-order chi connectivity index (χ0) is 26.3. The molecule has 0 bridgehead atoms. The summed E-state index contributed by atoms with van der Waals surface area (Å²) in [5, 5.41) is 25.7. The molecule has 2 unspecified atom stereocenters. The summed E-state index contributed by atoms with van der Waals surface area (Å²) in [6.45, 7) is 1.42. The van der Waals surface area contributed by atoms with Crippen molar-refractivity contribution in [2.45, 2.75) is 24.1 Å². The molecule has 3 N–H and O–H groups in total. The summed E-state index contributed by atoms with van der Waals surface area (Å²) in [7, 11) is -2.42. The zero-order valence-electron chi connectivity index (χ0n) is 19.7. The van der Waals surface area contributed by atoms with Crippen LogP contribution in [0.5, 0.6) is 5.75 Å². The molecule has 2 atom stereocenters. The van der Waals surface area contributed by atoms with Crippen molar-refractivity contribution in [1.82, 2.24) is 5.32 Å². The van der Waals surface area contributed by atoms with Gasteiger partial charge < -0.3 is 9.84 Å². The van der Waals surface area contributed by atoms with Crippen LogP contribution in [-0.4, -0.2) is 49.1 Å². The smallest absolute Gasteiger partial charge is 0.409 e. The maximum Gasteiger partial charge on any atom is 0.409 e. The predicted octanol–water partition coefficient (Wildman–Crippen LogP) is 4.17. The summed E-state index contributed by atoms with van der Waals surface area (Å²) in [5.41, 5.74) is 0.452. The van der Waals surface area contributed by atoms with E-state index in [1.54, 1.807) is 19.2 Å². The maximum absolute atomic E-state index is 13.2. The average molecular weight is 514 g/mol. The molecule has 1 aliphatic carbocycles. The number of sulfone groups is 1. The highest BCUT2D eigenvalue weighted by atomic mass is 32.2. The fourth-order valence-electron chi connectivity index (χ4n) is 3.78. The number of hydrogen-bond donors (Lipinski definition) is 3. The van der Waals surface area contributed by atoms with Crippen LogP contribution in [0.4, 0.5) is 10.5 Å². The summed E-state index contributed by atoms with van der Waals surface area (Å²) in [6.07, 6.45) is 4.59. The molecule has 11 heteroatoms. The largest absolute Gasteiger partial charge is 0.476 e. The SMILES string of the molecule is CNCOc1cc(C=CS(=O)(=O)C(C)C2([N+](=O)[O-])C=CC(c3ccccc3)=CC2)ccc1NC(=O)O. The first-order valence-corrected chi connectivity index (χ1v) is 12.6. The molecule has 10 nitrogen and oxygen atoms in total. The van der Waals surface area contributed by atoms with Crippen LogP contribution < -0.4 is 15.4 Å². The highest BCUT2D eigenvalue weighted by Crippen LogP contribution is 2.35. The molecule has 36 heavy (non-hydrogen) atoms. The van der Waals surface area contributed by atoms with Gasteiger partial charge in [-0.15, -0.1) is 0 Å². The Morgan fingerprint density at radius 3 is 2.58 bits per heavy atom. The molecule has 2 aromatic rings. The van der Waals surface area contributed by atoms with E-state index in [1.165, 1.54) is 37.3 Å². The van der Waals surface area contributed by atoms with Crippen LogP contribution in [0.2, 0.25) is 0 Å². The van der Waals surface area contributed by atoms with Gasteiger partial charge in [0, 0.05) is 16.8 Å². The van der Waals surface area contributed by atoms with Crippen molar-refractivity contribution < 1.29 is 28.0 Å². The van der Waals surface area contributed by atoms with Crippen molar-refractivity contribution >= 4 is 33.3 Å². The number of ether oxygens (including phenoxy) is 1. The Morgan fingerprint density at radius 1 is 1.28 bits per heavy atom. The number of nitrogens with one attached hydrogen (secondary N) is 2. The number of rotatable bonds is 10. The molecule has 0 radical (unpaired) electrons. The highest BCUT2D eigenvalue weighted by molar-refractivity contribution is 7.95. The molecule has 0 heterocycles. The quantitative estimate of drug-likeness (QED) is 0.244. The molecular weight excluding hydrogens is 486 g/mol. The minimum absolute atomic E-state index is 0.0769. The Kier molecular flexibility index (Phi) is 8.28. The molecule has 3 rings (SSSR count). The van der Waals surface area contributed by atoms with Gasteiger partial charge in [0.1, 0.15) is 17.7 Å². The van der Waals surface area contributed by atoms with Gasteiger partial charge in [-0.25, -0.2) is 13.2 Å². The fourth-order valence-corrected chi connectivity index (χ4v) is 5.19. The molecular formula is C25H27N3O7S. The van der Waals surface area contributed by atoms with Gasteiger partial charge in [-0.05, 0) is 55.0 Å². The van der Waals surface area contributed by atoms with Crippen LogP contribution in [0, 0.1) is 10.1 Å². The molecule has 0 spiro atoms. The Bertz CT molecular complexity index is 1320. The number of amides is 1. The third-order valence-corrected chi connectivity index (χ3v) is 7.82. The molecule has 0 aromatic heterocycles. The van der Waals surface area contributed by atoms with Gasteiger partial charge in [0.15, 0.2) is 9.84 Å². The van der Waals surface area contributed by atoms with Gasteiger partial charge in [-0.2, -0.15) is 0 Å². The number of carbonyl (C=O) groups is 1. The average Bonchev–Trinajstić information content (AvgIpc) is 2.87. The van der Waals surface area contributed by atoms with Gasteiger partial charge in [-0.3, -0.25) is 20.7 Å². The van der Waals surface area contributed by atoms with Gasteiger partial charge in [0.2, 0.25) is 0 Å². The van der Waals surface area contributed by atoms with Crippen LogP contribution in [0.1, 0.15) is 24.5 Å².